The number of aryl methyl sites for hydroxylation is 1. The summed E-state index contributed by atoms with van der Waals surface area (Å²) in [7, 11) is 0. The van der Waals surface area contributed by atoms with Crippen molar-refractivity contribution < 1.29 is 0 Å². The van der Waals surface area contributed by atoms with Gasteiger partial charge in [0.05, 0.1) is 16.6 Å². The molecule has 0 saturated carbocycles. The third-order valence-corrected chi connectivity index (χ3v) is 9.52. The Morgan fingerprint density at radius 3 is 1.43 bits per heavy atom. The molecule has 0 spiro atoms. The van der Waals surface area contributed by atoms with Crippen LogP contribution in [-0.2, 0) is 0 Å². The van der Waals surface area contributed by atoms with Gasteiger partial charge in [0.15, 0.2) is 17.5 Å². The van der Waals surface area contributed by atoms with E-state index in [0.29, 0.717) is 17.5 Å². The van der Waals surface area contributed by atoms with Crippen molar-refractivity contribution in [3.8, 4) is 45.5 Å². The lowest BCUT2D eigenvalue weighted by Gasteiger charge is -2.16. The molecule has 5 nitrogen and oxygen atoms in total. The highest BCUT2D eigenvalue weighted by atomic mass is 15.0. The molecule has 0 N–H and O–H groups in total. The minimum atomic E-state index is 0.600. The van der Waals surface area contributed by atoms with E-state index in [1.165, 1.54) is 21.7 Å². The molecule has 0 fully saturated rings. The molecule has 0 unspecified atom stereocenters. The number of rotatable bonds is 7. The van der Waals surface area contributed by atoms with Gasteiger partial charge in [-0.25, -0.2) is 15.0 Å². The van der Waals surface area contributed by atoms with Gasteiger partial charge in [0.1, 0.15) is 0 Å². The van der Waals surface area contributed by atoms with Crippen molar-refractivity contribution in [2.24, 2.45) is 0 Å². The summed E-state index contributed by atoms with van der Waals surface area (Å²) >= 11 is 0. The average molecular weight is 656 g/mol. The minimum absolute atomic E-state index is 0.600. The van der Waals surface area contributed by atoms with Crippen molar-refractivity contribution in [1.82, 2.24) is 24.1 Å². The lowest BCUT2D eigenvalue weighted by Crippen LogP contribution is -2.04. The molecule has 6 aromatic carbocycles. The summed E-state index contributed by atoms with van der Waals surface area (Å²) in [5, 5.41) is 3.60. The van der Waals surface area contributed by atoms with Crippen molar-refractivity contribution in [2.75, 3.05) is 0 Å². The van der Waals surface area contributed by atoms with Crippen molar-refractivity contribution >= 4 is 38.8 Å². The summed E-state index contributed by atoms with van der Waals surface area (Å²) in [5.74, 6) is 1.85. The predicted octanol–water partition coefficient (Wildman–Crippen LogP) is 11.4. The SMILES string of the molecule is C=C/C=C\c1c(C)c2ccccc2n1-c1cc(-c2nc(-c3ccccc3)nc(-c3ccccc3)n2)cc(-n2c3ccccc3c3ccccc32)c1. The molecule has 0 bridgehead atoms. The first kappa shape index (κ1) is 30.2. The molecule has 9 aromatic rings. The quantitative estimate of drug-likeness (QED) is 0.161. The fourth-order valence-electron chi connectivity index (χ4n) is 7.18. The number of hydrogen-bond donors (Lipinski definition) is 0. The van der Waals surface area contributed by atoms with Gasteiger partial charge in [-0.15, -0.1) is 0 Å². The molecular formula is C46H33N5. The zero-order valence-corrected chi connectivity index (χ0v) is 28.1. The smallest absolute Gasteiger partial charge is 0.164 e. The average Bonchev–Trinajstić information content (AvgIpc) is 3.69. The number of fused-ring (bicyclic) bond motifs is 4. The third-order valence-electron chi connectivity index (χ3n) is 9.52. The third kappa shape index (κ3) is 5.23. The lowest BCUT2D eigenvalue weighted by atomic mass is 10.1. The van der Waals surface area contributed by atoms with Gasteiger partial charge < -0.3 is 9.13 Å². The van der Waals surface area contributed by atoms with Crippen LogP contribution >= 0.6 is 0 Å². The molecule has 9 rings (SSSR count). The molecule has 0 aliphatic carbocycles. The predicted molar refractivity (Wildman–Crippen MR) is 211 cm³/mol. The van der Waals surface area contributed by atoms with Crippen LogP contribution in [0.5, 0.6) is 0 Å². The Morgan fingerprint density at radius 1 is 0.471 bits per heavy atom. The number of hydrogen-bond acceptors (Lipinski definition) is 3. The Labute approximate surface area is 296 Å². The maximum absolute atomic E-state index is 5.15. The maximum atomic E-state index is 5.15. The van der Waals surface area contributed by atoms with Crippen molar-refractivity contribution in [3.05, 3.63) is 182 Å². The van der Waals surface area contributed by atoms with Gasteiger partial charge in [-0.05, 0) is 55.0 Å². The van der Waals surface area contributed by atoms with E-state index in [1.807, 2.05) is 72.8 Å². The second-order valence-corrected chi connectivity index (χ2v) is 12.6. The Bertz CT molecular complexity index is 2660. The summed E-state index contributed by atoms with van der Waals surface area (Å²) in [4.78, 5) is 15.3. The van der Waals surface area contributed by atoms with Crippen molar-refractivity contribution in [1.29, 1.82) is 0 Å². The van der Waals surface area contributed by atoms with E-state index in [0.717, 1.165) is 50.3 Å². The zero-order valence-electron chi connectivity index (χ0n) is 28.1. The first-order valence-electron chi connectivity index (χ1n) is 17.1. The molecule has 51 heavy (non-hydrogen) atoms. The first-order chi connectivity index (χ1) is 25.2. The summed E-state index contributed by atoms with van der Waals surface area (Å²) in [6.07, 6.45) is 5.96. The summed E-state index contributed by atoms with van der Waals surface area (Å²) in [6.45, 7) is 6.15. The van der Waals surface area contributed by atoms with Crippen molar-refractivity contribution in [3.63, 3.8) is 0 Å². The van der Waals surface area contributed by atoms with Gasteiger partial charge >= 0.3 is 0 Å². The van der Waals surface area contributed by atoms with Crippen LogP contribution in [0.3, 0.4) is 0 Å². The van der Waals surface area contributed by atoms with Crippen LogP contribution < -0.4 is 0 Å². The van der Waals surface area contributed by atoms with Gasteiger partial charge in [-0.2, -0.15) is 0 Å². The molecule has 0 aliphatic rings. The van der Waals surface area contributed by atoms with Gasteiger partial charge in [0, 0.05) is 49.9 Å². The highest BCUT2D eigenvalue weighted by molar-refractivity contribution is 6.09. The first-order valence-corrected chi connectivity index (χ1v) is 17.1. The normalized spacial score (nSPS) is 11.6. The van der Waals surface area contributed by atoms with Crippen LogP contribution in [0.1, 0.15) is 11.3 Å². The standard InChI is InChI=1S/C46H33N5/c1-3-4-24-40-31(2)37-21-11-14-25-41(37)50(40)35-28-34(29-36(30-35)51-42-26-15-12-22-38(42)39-23-13-16-27-43(39)51)46-48-44(32-17-7-5-8-18-32)47-45(49-46)33-19-9-6-10-20-33/h3-30H,1H2,2H3/b24-4-. The van der Waals surface area contributed by atoms with Crippen LogP contribution in [0, 0.1) is 6.92 Å². The molecular weight excluding hydrogens is 623 g/mol. The minimum Gasteiger partial charge on any atom is -0.309 e. The maximum Gasteiger partial charge on any atom is 0.164 e. The molecule has 0 aliphatic heterocycles. The second-order valence-electron chi connectivity index (χ2n) is 12.6. The largest absolute Gasteiger partial charge is 0.309 e. The van der Waals surface area contributed by atoms with Crippen molar-refractivity contribution in [2.45, 2.75) is 6.92 Å². The second kappa shape index (κ2) is 12.6. The van der Waals surface area contributed by atoms with E-state index in [-0.39, 0.29) is 0 Å². The van der Waals surface area contributed by atoms with Crippen LogP contribution in [0.2, 0.25) is 0 Å². The van der Waals surface area contributed by atoms with E-state index < -0.39 is 0 Å². The van der Waals surface area contributed by atoms with E-state index in [9.17, 15) is 0 Å². The Morgan fingerprint density at radius 2 is 0.902 bits per heavy atom. The number of aromatic nitrogens is 5. The Balaban J connectivity index is 1.39. The van der Waals surface area contributed by atoms with Gasteiger partial charge in [-0.1, -0.05) is 134 Å². The number of nitrogens with zero attached hydrogens (tertiary/aromatic N) is 5. The van der Waals surface area contributed by atoms with Gasteiger partial charge in [-0.3, -0.25) is 0 Å². The molecule has 5 heteroatoms. The Hall–Kier alpha value is -6.85. The molecule has 3 heterocycles. The van der Waals surface area contributed by atoms with E-state index in [4.69, 9.17) is 15.0 Å². The summed E-state index contributed by atoms with van der Waals surface area (Å²) in [6, 6.07) is 52.7. The molecule has 0 saturated heterocycles. The number of allylic oxidation sites excluding steroid dienone is 2. The number of para-hydroxylation sites is 3. The lowest BCUT2D eigenvalue weighted by molar-refractivity contribution is 1.06. The zero-order chi connectivity index (χ0) is 34.3. The highest BCUT2D eigenvalue weighted by Crippen LogP contribution is 2.37. The van der Waals surface area contributed by atoms with Gasteiger partial charge in [0.25, 0.3) is 0 Å². The van der Waals surface area contributed by atoms with Gasteiger partial charge in [0.2, 0.25) is 0 Å². The molecule has 0 amide bonds. The monoisotopic (exact) mass is 655 g/mol. The van der Waals surface area contributed by atoms with Crippen LogP contribution in [0.4, 0.5) is 0 Å². The van der Waals surface area contributed by atoms with E-state index in [1.54, 1.807) is 0 Å². The summed E-state index contributed by atoms with van der Waals surface area (Å²) in [5.41, 5.74) is 10.4. The fourth-order valence-corrected chi connectivity index (χ4v) is 7.18. The number of benzene rings is 6. The molecule has 0 atom stereocenters. The van der Waals surface area contributed by atoms with Crippen LogP contribution in [0.25, 0.3) is 84.3 Å². The van der Waals surface area contributed by atoms with E-state index in [2.05, 4.69) is 120 Å². The fraction of sp³-hybridized carbons (Fsp3) is 0.0217. The van der Waals surface area contributed by atoms with E-state index >= 15 is 0 Å². The Kier molecular flexibility index (Phi) is 7.44. The molecule has 242 valence electrons. The molecule has 0 radical (unpaired) electrons. The van der Waals surface area contributed by atoms with Crippen LogP contribution in [-0.4, -0.2) is 24.1 Å². The van der Waals surface area contributed by atoms with Crippen LogP contribution in [0.15, 0.2) is 170 Å². The highest BCUT2D eigenvalue weighted by Gasteiger charge is 2.20. The topological polar surface area (TPSA) is 48.5 Å². The summed E-state index contributed by atoms with van der Waals surface area (Å²) < 4.78 is 4.69. The molecule has 3 aromatic heterocycles.